The third kappa shape index (κ3) is 2.64. The van der Waals surface area contributed by atoms with Gasteiger partial charge >= 0.3 is 0 Å². The molecule has 1 aromatic carbocycles. The molecule has 2 aromatic rings. The molecule has 6 heteroatoms. The molecule has 0 unspecified atom stereocenters. The molecule has 0 atom stereocenters. The van der Waals surface area contributed by atoms with Crippen LogP contribution in [0, 0.1) is 4.64 Å². The Hall–Kier alpha value is -1.92. The summed E-state index contributed by atoms with van der Waals surface area (Å²) in [6.45, 7) is 1.23. The van der Waals surface area contributed by atoms with Gasteiger partial charge in [-0.15, -0.1) is 0 Å². The van der Waals surface area contributed by atoms with Gasteiger partial charge in [0, 0.05) is 23.2 Å². The number of aromatic nitrogens is 2. The van der Waals surface area contributed by atoms with Gasteiger partial charge in [0.05, 0.1) is 27.4 Å². The van der Waals surface area contributed by atoms with E-state index in [0.717, 1.165) is 29.1 Å². The number of aromatic amines is 1. The maximum Gasteiger partial charge on any atom is 0.161 e. The number of hydrogen-bond donors (Lipinski definition) is 1. The fraction of sp³-hybridized carbons (Fsp3) is 0.333. The van der Waals surface area contributed by atoms with Crippen LogP contribution in [0.15, 0.2) is 18.2 Å². The lowest BCUT2D eigenvalue weighted by Gasteiger charge is -2.17. The molecule has 1 N–H and O–H groups in total. The molecule has 110 valence electrons. The summed E-state index contributed by atoms with van der Waals surface area (Å²) in [6.07, 6.45) is 0.821. The topological polar surface area (TPSA) is 56.4 Å². The molecule has 5 nitrogen and oxygen atoms in total. The third-order valence-corrected chi connectivity index (χ3v) is 3.84. The van der Waals surface area contributed by atoms with Gasteiger partial charge in [-0.1, -0.05) is 12.2 Å². The molecule has 0 saturated carbocycles. The second-order valence-corrected chi connectivity index (χ2v) is 5.11. The van der Waals surface area contributed by atoms with E-state index in [1.54, 1.807) is 14.2 Å². The Morgan fingerprint density at radius 3 is 2.81 bits per heavy atom. The molecule has 0 saturated heterocycles. The quantitative estimate of drug-likeness (QED) is 0.884. The van der Waals surface area contributed by atoms with Crippen molar-refractivity contribution in [2.24, 2.45) is 0 Å². The van der Waals surface area contributed by atoms with Gasteiger partial charge in [-0.05, 0) is 18.2 Å². The molecule has 21 heavy (non-hydrogen) atoms. The monoisotopic (exact) mass is 304 g/mol. The Balaban J connectivity index is 2.08. The highest BCUT2D eigenvalue weighted by atomic mass is 32.1. The lowest BCUT2D eigenvalue weighted by molar-refractivity contribution is 0.108. The lowest BCUT2D eigenvalue weighted by Crippen LogP contribution is -2.14. The third-order valence-electron chi connectivity index (χ3n) is 3.50. The van der Waals surface area contributed by atoms with Gasteiger partial charge in [-0.25, -0.2) is 4.98 Å². The summed E-state index contributed by atoms with van der Waals surface area (Å²) >= 11 is 5.37. The smallest absolute Gasteiger partial charge is 0.161 e. The number of rotatable bonds is 3. The SMILES string of the molecule is COc1ccc(-c2nc(=S)c3c([nH]2)CCOC3)cc1OC. The van der Waals surface area contributed by atoms with Crippen LogP contribution in [0.5, 0.6) is 11.5 Å². The van der Waals surface area contributed by atoms with Crippen LogP contribution < -0.4 is 9.47 Å². The molecule has 0 radical (unpaired) electrons. The van der Waals surface area contributed by atoms with Gasteiger partial charge in [-0.3, -0.25) is 0 Å². The van der Waals surface area contributed by atoms with Gasteiger partial charge in [0.25, 0.3) is 0 Å². The summed E-state index contributed by atoms with van der Waals surface area (Å²) in [5.74, 6) is 2.09. The van der Waals surface area contributed by atoms with Crippen molar-refractivity contribution in [3.8, 4) is 22.9 Å². The maximum absolute atomic E-state index is 5.43. The van der Waals surface area contributed by atoms with E-state index in [9.17, 15) is 0 Å². The van der Waals surface area contributed by atoms with Crippen LogP contribution in [-0.2, 0) is 17.8 Å². The number of hydrogen-bond acceptors (Lipinski definition) is 5. The van der Waals surface area contributed by atoms with E-state index in [4.69, 9.17) is 26.4 Å². The zero-order valence-electron chi connectivity index (χ0n) is 11.9. The van der Waals surface area contributed by atoms with Gasteiger partial charge in [0.1, 0.15) is 10.5 Å². The number of ether oxygens (including phenoxy) is 3. The standard InChI is InChI=1S/C15H16N2O3S/c1-18-12-4-3-9(7-13(12)19-2)14-16-11-5-6-20-8-10(11)15(21)17-14/h3-4,7H,5-6,8H2,1-2H3,(H,16,17,21). The summed E-state index contributed by atoms with van der Waals surface area (Å²) in [5, 5.41) is 0. The molecular weight excluding hydrogens is 288 g/mol. The minimum absolute atomic E-state index is 0.532. The Morgan fingerprint density at radius 1 is 1.24 bits per heavy atom. The number of benzene rings is 1. The van der Waals surface area contributed by atoms with Gasteiger partial charge in [-0.2, -0.15) is 0 Å². The minimum Gasteiger partial charge on any atom is -0.493 e. The van der Waals surface area contributed by atoms with E-state index in [1.165, 1.54) is 0 Å². The Bertz CT molecular complexity index is 727. The van der Waals surface area contributed by atoms with Crippen molar-refractivity contribution in [3.05, 3.63) is 34.1 Å². The van der Waals surface area contributed by atoms with Crippen LogP contribution in [0.3, 0.4) is 0 Å². The Kier molecular flexibility index (Phi) is 3.90. The number of methoxy groups -OCH3 is 2. The molecule has 1 aliphatic rings. The first-order valence-corrected chi connectivity index (χ1v) is 7.06. The highest BCUT2D eigenvalue weighted by Gasteiger charge is 2.15. The Labute approximate surface area is 127 Å². The molecule has 2 heterocycles. The molecule has 1 aliphatic heterocycles. The summed E-state index contributed by atoms with van der Waals surface area (Å²) in [4.78, 5) is 7.83. The van der Waals surface area contributed by atoms with E-state index >= 15 is 0 Å². The summed E-state index contributed by atoms with van der Waals surface area (Å²) in [7, 11) is 3.23. The second kappa shape index (κ2) is 5.83. The molecular formula is C15H16N2O3S. The van der Waals surface area contributed by atoms with Gasteiger partial charge in [0.15, 0.2) is 11.5 Å². The number of nitrogens with one attached hydrogen (secondary N) is 1. The van der Waals surface area contributed by atoms with Crippen molar-refractivity contribution in [1.82, 2.24) is 9.97 Å². The largest absolute Gasteiger partial charge is 0.493 e. The average molecular weight is 304 g/mol. The molecule has 0 aliphatic carbocycles. The first kappa shape index (κ1) is 14.0. The van der Waals surface area contributed by atoms with Crippen molar-refractivity contribution < 1.29 is 14.2 Å². The molecule has 0 bridgehead atoms. The van der Waals surface area contributed by atoms with E-state index in [2.05, 4.69) is 9.97 Å². The van der Waals surface area contributed by atoms with E-state index in [1.807, 2.05) is 18.2 Å². The van der Waals surface area contributed by atoms with E-state index in [-0.39, 0.29) is 0 Å². The predicted octanol–water partition coefficient (Wildman–Crippen LogP) is 2.90. The van der Waals surface area contributed by atoms with Crippen molar-refractivity contribution >= 4 is 12.2 Å². The first-order valence-electron chi connectivity index (χ1n) is 6.65. The minimum atomic E-state index is 0.532. The highest BCUT2D eigenvalue weighted by Crippen LogP contribution is 2.31. The summed E-state index contributed by atoms with van der Waals surface area (Å²) < 4.78 is 16.6. The van der Waals surface area contributed by atoms with E-state index in [0.29, 0.717) is 29.4 Å². The molecule has 0 spiro atoms. The summed E-state index contributed by atoms with van der Waals surface area (Å²) in [6, 6.07) is 5.67. The highest BCUT2D eigenvalue weighted by molar-refractivity contribution is 7.71. The van der Waals surface area contributed by atoms with Gasteiger partial charge in [0.2, 0.25) is 0 Å². The lowest BCUT2D eigenvalue weighted by atomic mass is 10.1. The van der Waals surface area contributed by atoms with Crippen molar-refractivity contribution in [2.45, 2.75) is 13.0 Å². The molecule has 0 fully saturated rings. The average Bonchev–Trinajstić information content (AvgIpc) is 2.54. The Morgan fingerprint density at radius 2 is 2.05 bits per heavy atom. The number of nitrogens with zero attached hydrogens (tertiary/aromatic N) is 1. The zero-order valence-corrected chi connectivity index (χ0v) is 12.8. The van der Waals surface area contributed by atoms with Crippen molar-refractivity contribution in [3.63, 3.8) is 0 Å². The van der Waals surface area contributed by atoms with Crippen LogP contribution in [-0.4, -0.2) is 30.8 Å². The van der Waals surface area contributed by atoms with Crippen LogP contribution >= 0.6 is 12.2 Å². The van der Waals surface area contributed by atoms with Crippen LogP contribution in [0.4, 0.5) is 0 Å². The van der Waals surface area contributed by atoms with Gasteiger partial charge < -0.3 is 19.2 Å². The zero-order chi connectivity index (χ0) is 14.8. The van der Waals surface area contributed by atoms with Crippen LogP contribution in [0.2, 0.25) is 0 Å². The first-order chi connectivity index (χ1) is 10.2. The molecule has 0 amide bonds. The van der Waals surface area contributed by atoms with Crippen LogP contribution in [0.1, 0.15) is 11.3 Å². The number of H-pyrrole nitrogens is 1. The van der Waals surface area contributed by atoms with E-state index < -0.39 is 0 Å². The van der Waals surface area contributed by atoms with Crippen molar-refractivity contribution in [1.29, 1.82) is 0 Å². The fourth-order valence-corrected chi connectivity index (χ4v) is 2.65. The van der Waals surface area contributed by atoms with Crippen LogP contribution in [0.25, 0.3) is 11.4 Å². The molecule has 1 aromatic heterocycles. The maximum atomic E-state index is 5.43. The van der Waals surface area contributed by atoms with Crippen molar-refractivity contribution in [2.75, 3.05) is 20.8 Å². The predicted molar refractivity (Wildman–Crippen MR) is 81.3 cm³/mol. The number of fused-ring (bicyclic) bond motifs is 1. The molecule has 3 rings (SSSR count). The normalized spacial score (nSPS) is 13.6. The fourth-order valence-electron chi connectivity index (χ4n) is 2.38. The second-order valence-electron chi connectivity index (χ2n) is 4.72. The summed E-state index contributed by atoms with van der Waals surface area (Å²) in [5.41, 5.74) is 3.00.